The average Bonchev–Trinajstić information content (AvgIpc) is 3.05. The summed E-state index contributed by atoms with van der Waals surface area (Å²) >= 11 is 0. The van der Waals surface area contributed by atoms with Crippen LogP contribution in [0.25, 0.3) is 10.9 Å². The lowest BCUT2D eigenvalue weighted by atomic mass is 10.2. The summed E-state index contributed by atoms with van der Waals surface area (Å²) in [5, 5.41) is 0.256. The molecule has 0 atom stereocenters. The quantitative estimate of drug-likeness (QED) is 0.565. The lowest BCUT2D eigenvalue weighted by Gasteiger charge is -2.17. The van der Waals surface area contributed by atoms with Gasteiger partial charge in [0.15, 0.2) is 0 Å². The zero-order valence-electron chi connectivity index (χ0n) is 17.4. The van der Waals surface area contributed by atoms with E-state index in [1.807, 2.05) is 4.72 Å². The van der Waals surface area contributed by atoms with Crippen LogP contribution in [0.4, 0.5) is 10.7 Å². The van der Waals surface area contributed by atoms with E-state index in [4.69, 9.17) is 9.47 Å². The third kappa shape index (κ3) is 3.99. The summed E-state index contributed by atoms with van der Waals surface area (Å²) in [4.78, 5) is 37.4. The van der Waals surface area contributed by atoms with Crippen molar-refractivity contribution in [3.63, 3.8) is 0 Å². The lowest BCUT2D eigenvalue weighted by molar-refractivity contribution is 0.0585. The summed E-state index contributed by atoms with van der Waals surface area (Å²) in [7, 11) is 0.798. The zero-order valence-corrected chi connectivity index (χ0v) is 18.2. The van der Waals surface area contributed by atoms with Crippen molar-refractivity contribution in [2.45, 2.75) is 11.8 Å². The Morgan fingerprint density at radius 2 is 1.81 bits per heavy atom. The van der Waals surface area contributed by atoms with E-state index in [0.29, 0.717) is 5.52 Å². The van der Waals surface area contributed by atoms with E-state index in [1.54, 1.807) is 25.1 Å². The number of sulfonamides is 1. The monoisotopic (exact) mass is 448 g/mol. The zero-order chi connectivity index (χ0) is 22.9. The van der Waals surface area contributed by atoms with Crippen LogP contribution < -0.4 is 14.4 Å². The van der Waals surface area contributed by atoms with Gasteiger partial charge in [0.2, 0.25) is 5.95 Å². The molecular weight excluding hydrogens is 428 g/mol. The summed E-state index contributed by atoms with van der Waals surface area (Å²) < 4.78 is 39.4. The Morgan fingerprint density at radius 1 is 1.13 bits per heavy atom. The maximum Gasteiger partial charge on any atom is 0.356 e. The molecule has 0 fully saturated rings. The first-order chi connectivity index (χ1) is 14.6. The third-order valence-electron chi connectivity index (χ3n) is 4.43. The molecule has 0 spiro atoms. The molecule has 3 aromatic rings. The Balaban J connectivity index is 2.05. The van der Waals surface area contributed by atoms with Crippen molar-refractivity contribution in [1.29, 1.82) is 0 Å². The molecule has 164 valence electrons. The van der Waals surface area contributed by atoms with E-state index in [1.165, 1.54) is 31.8 Å². The second kappa shape index (κ2) is 8.18. The number of hydrogen-bond donors (Lipinski definition) is 1. The van der Waals surface area contributed by atoms with E-state index < -0.39 is 22.0 Å². The molecule has 0 aliphatic carbocycles. The van der Waals surface area contributed by atoms with Crippen LogP contribution in [-0.2, 0) is 21.8 Å². The summed E-state index contributed by atoms with van der Waals surface area (Å²) in [6, 6.07) is 5.42. The van der Waals surface area contributed by atoms with Gasteiger partial charge in [0, 0.05) is 25.0 Å². The minimum Gasteiger partial charge on any atom is -0.467 e. The van der Waals surface area contributed by atoms with Gasteiger partial charge < -0.3 is 14.0 Å². The van der Waals surface area contributed by atoms with Crippen molar-refractivity contribution >= 4 is 38.9 Å². The molecule has 0 radical (unpaired) electrons. The number of amides is 2. The van der Waals surface area contributed by atoms with Crippen molar-refractivity contribution in [2.75, 3.05) is 26.2 Å². The SMILES string of the molecule is COC(=O)c1c(S(=O)(=O)NC(=O)N(C)c2nc(C)nc(OC)n2)c2ccccc2n1C. The van der Waals surface area contributed by atoms with Gasteiger partial charge in [0.25, 0.3) is 10.0 Å². The van der Waals surface area contributed by atoms with Crippen molar-refractivity contribution < 1.29 is 27.5 Å². The van der Waals surface area contributed by atoms with E-state index in [-0.39, 0.29) is 33.8 Å². The number of nitrogens with zero attached hydrogens (tertiary/aromatic N) is 5. The molecule has 13 heteroatoms. The van der Waals surface area contributed by atoms with E-state index in [9.17, 15) is 18.0 Å². The number of fused-ring (bicyclic) bond motifs is 1. The molecule has 0 bridgehead atoms. The first-order valence-corrected chi connectivity index (χ1v) is 10.3. The number of nitrogens with one attached hydrogen (secondary N) is 1. The van der Waals surface area contributed by atoms with Crippen LogP contribution in [0.3, 0.4) is 0 Å². The Morgan fingerprint density at radius 3 is 2.45 bits per heavy atom. The highest BCUT2D eigenvalue weighted by Crippen LogP contribution is 2.30. The van der Waals surface area contributed by atoms with Gasteiger partial charge in [0.05, 0.1) is 14.2 Å². The Hall–Kier alpha value is -3.74. The average molecular weight is 448 g/mol. The number of methoxy groups -OCH3 is 2. The van der Waals surface area contributed by atoms with Gasteiger partial charge in [-0.1, -0.05) is 18.2 Å². The first-order valence-electron chi connectivity index (χ1n) is 8.83. The minimum atomic E-state index is -4.50. The number of hydrogen-bond acceptors (Lipinski definition) is 9. The second-order valence-corrected chi connectivity index (χ2v) is 8.00. The highest BCUT2D eigenvalue weighted by atomic mass is 32.2. The highest BCUT2D eigenvalue weighted by Gasteiger charge is 2.33. The number of aryl methyl sites for hydroxylation is 2. The molecule has 1 aromatic carbocycles. The fraction of sp³-hybridized carbons (Fsp3) is 0.278. The Bertz CT molecular complexity index is 1290. The Labute approximate surface area is 177 Å². The number of benzene rings is 1. The van der Waals surface area contributed by atoms with Gasteiger partial charge in [0.1, 0.15) is 16.4 Å². The number of rotatable bonds is 5. The van der Waals surface area contributed by atoms with Gasteiger partial charge in [-0.15, -0.1) is 0 Å². The number of carbonyl (C=O) groups is 2. The second-order valence-electron chi connectivity index (χ2n) is 6.38. The van der Waals surface area contributed by atoms with Gasteiger partial charge in [-0.25, -0.2) is 22.7 Å². The number of aromatic nitrogens is 4. The van der Waals surface area contributed by atoms with Crippen LogP contribution in [0, 0.1) is 6.92 Å². The van der Waals surface area contributed by atoms with Gasteiger partial charge >= 0.3 is 18.0 Å². The van der Waals surface area contributed by atoms with E-state index >= 15 is 0 Å². The van der Waals surface area contributed by atoms with Crippen molar-refractivity contribution in [3.8, 4) is 6.01 Å². The molecule has 0 aliphatic heterocycles. The minimum absolute atomic E-state index is 0.0351. The van der Waals surface area contributed by atoms with E-state index in [2.05, 4.69) is 15.0 Å². The van der Waals surface area contributed by atoms with Crippen LogP contribution in [-0.4, -0.2) is 61.2 Å². The van der Waals surface area contributed by atoms with Crippen LogP contribution in [0.15, 0.2) is 29.2 Å². The topological polar surface area (TPSA) is 146 Å². The molecule has 0 aliphatic rings. The fourth-order valence-corrected chi connectivity index (χ4v) is 4.37. The molecule has 2 amide bonds. The third-order valence-corrected chi connectivity index (χ3v) is 5.83. The van der Waals surface area contributed by atoms with Crippen LogP contribution in [0.5, 0.6) is 6.01 Å². The van der Waals surface area contributed by atoms with Crippen LogP contribution in [0.1, 0.15) is 16.3 Å². The molecule has 2 aromatic heterocycles. The molecule has 12 nitrogen and oxygen atoms in total. The summed E-state index contributed by atoms with van der Waals surface area (Å²) in [5.74, 6) is -0.716. The number of ether oxygens (including phenoxy) is 2. The van der Waals surface area contributed by atoms with Crippen LogP contribution >= 0.6 is 0 Å². The molecule has 0 saturated carbocycles. The molecule has 0 saturated heterocycles. The summed E-state index contributed by atoms with van der Waals surface area (Å²) in [5.41, 5.74) is 0.256. The van der Waals surface area contributed by atoms with Gasteiger partial charge in [-0.2, -0.15) is 15.0 Å². The largest absolute Gasteiger partial charge is 0.467 e. The predicted octanol–water partition coefficient (Wildman–Crippen LogP) is 1.00. The number of carbonyl (C=O) groups excluding carboxylic acids is 2. The first kappa shape index (κ1) is 22.0. The maximum absolute atomic E-state index is 13.2. The number of para-hydroxylation sites is 1. The standard InChI is InChI=1S/C18H20N6O6S/c1-10-19-16(21-17(20-10)30-5)24(3)18(26)22-31(27,28)14-11-8-6-7-9-12(11)23(2)13(14)15(25)29-4/h6-9H,1-5H3,(H,22,26). The number of urea groups is 1. The lowest BCUT2D eigenvalue weighted by Crippen LogP contribution is -2.42. The fourth-order valence-electron chi connectivity index (χ4n) is 2.97. The van der Waals surface area contributed by atoms with Crippen molar-refractivity contribution in [3.05, 3.63) is 35.8 Å². The molecule has 2 heterocycles. The van der Waals surface area contributed by atoms with Crippen molar-refractivity contribution in [1.82, 2.24) is 24.2 Å². The van der Waals surface area contributed by atoms with Crippen LogP contribution in [0.2, 0.25) is 0 Å². The van der Waals surface area contributed by atoms with Gasteiger partial charge in [-0.05, 0) is 13.0 Å². The highest BCUT2D eigenvalue weighted by molar-refractivity contribution is 7.90. The molecule has 0 unspecified atom stereocenters. The predicted molar refractivity (Wildman–Crippen MR) is 109 cm³/mol. The smallest absolute Gasteiger partial charge is 0.356 e. The molecule has 1 N–H and O–H groups in total. The van der Waals surface area contributed by atoms with Crippen molar-refractivity contribution in [2.24, 2.45) is 7.05 Å². The van der Waals surface area contributed by atoms with Gasteiger partial charge in [-0.3, -0.25) is 4.90 Å². The van der Waals surface area contributed by atoms with E-state index in [0.717, 1.165) is 12.0 Å². The number of anilines is 1. The Kier molecular flexibility index (Phi) is 5.79. The molecular formula is C18H20N6O6S. The summed E-state index contributed by atoms with van der Waals surface area (Å²) in [6.07, 6.45) is 0. The molecule has 31 heavy (non-hydrogen) atoms. The normalized spacial score (nSPS) is 11.3. The molecule has 3 rings (SSSR count). The summed E-state index contributed by atoms with van der Waals surface area (Å²) in [6.45, 7) is 1.56. The maximum atomic E-state index is 13.2. The number of esters is 1.